The van der Waals surface area contributed by atoms with Gasteiger partial charge in [0.1, 0.15) is 5.75 Å². The van der Waals surface area contributed by atoms with E-state index in [0.29, 0.717) is 0 Å². The molecule has 0 saturated carbocycles. The molecule has 1 N–H and O–H groups in total. The van der Waals surface area contributed by atoms with E-state index in [1.54, 1.807) is 0 Å². The molecule has 0 spiro atoms. The van der Waals surface area contributed by atoms with E-state index in [9.17, 15) is 19.7 Å². The van der Waals surface area contributed by atoms with Crippen molar-refractivity contribution in [3.8, 4) is 5.75 Å². The standard InChI is InChI=1S/C14H16N2O7/c1-8(2)12(13(17)22-4)23-14(18)15-10-6-5-9(16(19)20)7-11(10)21-3/h5-7,12H,1H2,2-4H3,(H,15,18). The lowest BCUT2D eigenvalue weighted by atomic mass is 10.2. The molecule has 0 aliphatic heterocycles. The van der Waals surface area contributed by atoms with Crippen molar-refractivity contribution in [1.82, 2.24) is 0 Å². The average molecular weight is 324 g/mol. The van der Waals surface area contributed by atoms with E-state index in [1.165, 1.54) is 26.2 Å². The van der Waals surface area contributed by atoms with Crippen LogP contribution in [0.15, 0.2) is 30.4 Å². The summed E-state index contributed by atoms with van der Waals surface area (Å²) >= 11 is 0. The first-order valence-electron chi connectivity index (χ1n) is 6.33. The van der Waals surface area contributed by atoms with Crippen LogP contribution in [0.2, 0.25) is 0 Å². The van der Waals surface area contributed by atoms with Crippen LogP contribution in [0.3, 0.4) is 0 Å². The first-order valence-corrected chi connectivity index (χ1v) is 6.33. The summed E-state index contributed by atoms with van der Waals surface area (Å²) in [6.07, 6.45) is -2.22. The number of nitro groups is 1. The minimum atomic E-state index is -1.26. The van der Waals surface area contributed by atoms with Gasteiger partial charge in [-0.25, -0.2) is 9.59 Å². The maximum atomic E-state index is 11.9. The van der Waals surface area contributed by atoms with Gasteiger partial charge in [0, 0.05) is 6.07 Å². The fraction of sp³-hybridized carbons (Fsp3) is 0.286. The van der Waals surface area contributed by atoms with Crippen molar-refractivity contribution in [2.24, 2.45) is 0 Å². The third kappa shape index (κ3) is 4.70. The minimum Gasteiger partial charge on any atom is -0.494 e. The quantitative estimate of drug-likeness (QED) is 0.369. The number of anilines is 1. The van der Waals surface area contributed by atoms with Gasteiger partial charge in [-0.15, -0.1) is 0 Å². The summed E-state index contributed by atoms with van der Waals surface area (Å²) in [7, 11) is 2.44. The molecule has 1 amide bonds. The van der Waals surface area contributed by atoms with Gasteiger partial charge in [0.15, 0.2) is 0 Å². The van der Waals surface area contributed by atoms with Crippen LogP contribution >= 0.6 is 0 Å². The molecule has 0 aromatic heterocycles. The van der Waals surface area contributed by atoms with Crippen LogP contribution in [0.25, 0.3) is 0 Å². The molecule has 0 aliphatic carbocycles. The Kier molecular flexibility index (Phi) is 6.07. The molecule has 1 atom stereocenters. The topological polar surface area (TPSA) is 117 Å². The summed E-state index contributed by atoms with van der Waals surface area (Å²) in [5.74, 6) is -0.704. The van der Waals surface area contributed by atoms with Crippen LogP contribution < -0.4 is 10.1 Å². The molecule has 1 unspecified atom stereocenters. The van der Waals surface area contributed by atoms with Crippen LogP contribution in [-0.4, -0.2) is 37.3 Å². The molecular formula is C14H16N2O7. The summed E-state index contributed by atoms with van der Waals surface area (Å²) < 4.78 is 14.4. The molecule has 9 nitrogen and oxygen atoms in total. The second-order valence-corrected chi connectivity index (χ2v) is 4.42. The van der Waals surface area contributed by atoms with E-state index in [1.807, 2.05) is 0 Å². The van der Waals surface area contributed by atoms with Crippen LogP contribution in [-0.2, 0) is 14.3 Å². The molecule has 0 fully saturated rings. The molecule has 0 aliphatic rings. The van der Waals surface area contributed by atoms with Crippen LogP contribution in [0, 0.1) is 10.1 Å². The van der Waals surface area contributed by atoms with Gasteiger partial charge in [-0.1, -0.05) is 6.58 Å². The Balaban J connectivity index is 2.90. The number of hydrogen-bond acceptors (Lipinski definition) is 7. The summed E-state index contributed by atoms with van der Waals surface area (Å²) in [5.41, 5.74) is 0.228. The number of carbonyl (C=O) groups is 2. The Labute approximate surface area is 132 Å². The first-order chi connectivity index (χ1) is 10.8. The van der Waals surface area contributed by atoms with Gasteiger partial charge in [-0.3, -0.25) is 15.4 Å². The normalized spacial score (nSPS) is 11.1. The number of nitrogens with one attached hydrogen (secondary N) is 1. The summed E-state index contributed by atoms with van der Waals surface area (Å²) in [4.78, 5) is 33.5. The number of hydrogen-bond donors (Lipinski definition) is 1. The first kappa shape index (κ1) is 18.0. The zero-order chi connectivity index (χ0) is 17.6. The van der Waals surface area contributed by atoms with Gasteiger partial charge in [0.05, 0.1) is 30.9 Å². The van der Waals surface area contributed by atoms with Crippen molar-refractivity contribution in [3.63, 3.8) is 0 Å². The molecule has 0 radical (unpaired) electrons. The Morgan fingerprint density at radius 2 is 2.00 bits per heavy atom. The van der Waals surface area contributed by atoms with Crippen molar-refractivity contribution in [3.05, 3.63) is 40.5 Å². The molecule has 9 heteroatoms. The summed E-state index contributed by atoms with van der Waals surface area (Å²) in [6.45, 7) is 5.05. The highest BCUT2D eigenvalue weighted by Crippen LogP contribution is 2.29. The van der Waals surface area contributed by atoms with E-state index in [4.69, 9.17) is 9.47 Å². The Hall–Kier alpha value is -3.10. The Morgan fingerprint density at radius 1 is 1.35 bits per heavy atom. The second-order valence-electron chi connectivity index (χ2n) is 4.42. The smallest absolute Gasteiger partial charge is 0.412 e. The average Bonchev–Trinajstić information content (AvgIpc) is 2.51. The lowest BCUT2D eigenvalue weighted by Gasteiger charge is -2.16. The van der Waals surface area contributed by atoms with Crippen molar-refractivity contribution in [1.29, 1.82) is 0 Å². The molecule has 0 heterocycles. The number of nitro benzene ring substituents is 1. The van der Waals surface area contributed by atoms with Gasteiger partial charge in [-0.2, -0.15) is 0 Å². The maximum Gasteiger partial charge on any atom is 0.412 e. The van der Waals surface area contributed by atoms with E-state index >= 15 is 0 Å². The highest BCUT2D eigenvalue weighted by Gasteiger charge is 2.25. The molecular weight excluding hydrogens is 308 g/mol. The summed E-state index contributed by atoms with van der Waals surface area (Å²) in [5, 5.41) is 13.0. The minimum absolute atomic E-state index is 0.0705. The largest absolute Gasteiger partial charge is 0.494 e. The zero-order valence-corrected chi connectivity index (χ0v) is 12.8. The van der Waals surface area contributed by atoms with Crippen molar-refractivity contribution in [2.45, 2.75) is 13.0 Å². The SMILES string of the molecule is C=C(C)C(OC(=O)Nc1ccc([N+](=O)[O-])cc1OC)C(=O)OC. The van der Waals surface area contributed by atoms with Gasteiger partial charge in [-0.05, 0) is 18.6 Å². The Bertz CT molecular complexity index is 642. The third-order valence-corrected chi connectivity index (χ3v) is 2.72. The molecule has 1 aromatic carbocycles. The second kappa shape index (κ2) is 7.78. The van der Waals surface area contributed by atoms with Gasteiger partial charge in [0.25, 0.3) is 5.69 Å². The van der Waals surface area contributed by atoms with E-state index < -0.39 is 23.1 Å². The lowest BCUT2D eigenvalue weighted by Crippen LogP contribution is -2.31. The molecule has 124 valence electrons. The van der Waals surface area contributed by atoms with Gasteiger partial charge < -0.3 is 14.2 Å². The lowest BCUT2D eigenvalue weighted by molar-refractivity contribution is -0.384. The zero-order valence-electron chi connectivity index (χ0n) is 12.8. The number of carbonyl (C=O) groups excluding carboxylic acids is 2. The van der Waals surface area contributed by atoms with Gasteiger partial charge in [0.2, 0.25) is 6.10 Å². The number of benzene rings is 1. The van der Waals surface area contributed by atoms with Crippen molar-refractivity contribution >= 4 is 23.4 Å². The molecule has 0 bridgehead atoms. The van der Waals surface area contributed by atoms with Crippen LogP contribution in [0.4, 0.5) is 16.2 Å². The number of nitrogens with zero attached hydrogens (tertiary/aromatic N) is 1. The third-order valence-electron chi connectivity index (χ3n) is 2.72. The molecule has 1 aromatic rings. The highest BCUT2D eigenvalue weighted by molar-refractivity contribution is 5.90. The highest BCUT2D eigenvalue weighted by atomic mass is 16.6. The van der Waals surface area contributed by atoms with Crippen LogP contribution in [0.1, 0.15) is 6.92 Å². The molecule has 0 saturated heterocycles. The van der Waals surface area contributed by atoms with Crippen molar-refractivity contribution in [2.75, 3.05) is 19.5 Å². The number of rotatable bonds is 6. The molecule has 1 rings (SSSR count). The number of esters is 1. The van der Waals surface area contributed by atoms with Crippen LogP contribution in [0.5, 0.6) is 5.75 Å². The fourth-order valence-corrected chi connectivity index (χ4v) is 1.60. The number of non-ortho nitro benzene ring substituents is 1. The predicted molar refractivity (Wildman–Crippen MR) is 80.4 cm³/mol. The van der Waals surface area contributed by atoms with E-state index in [2.05, 4.69) is 16.6 Å². The van der Waals surface area contributed by atoms with E-state index in [0.717, 1.165) is 13.2 Å². The maximum absolute atomic E-state index is 11.9. The fourth-order valence-electron chi connectivity index (χ4n) is 1.60. The summed E-state index contributed by atoms with van der Waals surface area (Å²) in [6, 6.07) is 3.62. The monoisotopic (exact) mass is 324 g/mol. The number of methoxy groups -OCH3 is 2. The number of amides is 1. The van der Waals surface area contributed by atoms with Crippen molar-refractivity contribution < 1.29 is 28.7 Å². The van der Waals surface area contributed by atoms with E-state index in [-0.39, 0.29) is 22.7 Å². The van der Waals surface area contributed by atoms with Gasteiger partial charge >= 0.3 is 12.1 Å². The molecule has 23 heavy (non-hydrogen) atoms. The predicted octanol–water partition coefficient (Wildman–Crippen LogP) is 2.27. The Morgan fingerprint density at radius 3 is 2.48 bits per heavy atom. The number of ether oxygens (including phenoxy) is 3.